The topological polar surface area (TPSA) is 0 Å². The van der Waals surface area contributed by atoms with Gasteiger partial charge in [-0.3, -0.25) is 0 Å². The highest BCUT2D eigenvalue weighted by atomic mass is 127. The molecular formula is C2H6I2Si2. The van der Waals surface area contributed by atoms with Gasteiger partial charge in [0.05, 0.1) is 0 Å². The van der Waals surface area contributed by atoms with E-state index >= 15 is 0 Å². The lowest BCUT2D eigenvalue weighted by Gasteiger charge is -2.25. The molecule has 0 atom stereocenters. The third-order valence-corrected chi connectivity index (χ3v) is 29.2. The van der Waals surface area contributed by atoms with Crippen LogP contribution in [0.4, 0.5) is 0 Å². The van der Waals surface area contributed by atoms with Crippen molar-refractivity contribution in [1.82, 2.24) is 0 Å². The van der Waals surface area contributed by atoms with Gasteiger partial charge in [0.15, 0.2) is 3.07 Å². The molecule has 1 saturated heterocycles. The van der Waals surface area contributed by atoms with E-state index in [-0.39, 0.29) is 0 Å². The third kappa shape index (κ3) is 1.44. The summed E-state index contributed by atoms with van der Waals surface area (Å²) in [5.74, 6) is 0. The molecule has 36 valence electrons. The second-order valence-electron chi connectivity index (χ2n) is 1.71. The molecule has 0 spiro atoms. The monoisotopic (exact) mass is 340 g/mol. The van der Waals surface area contributed by atoms with Crippen molar-refractivity contribution in [2.45, 2.75) is 11.3 Å². The fraction of sp³-hybridized carbons (Fsp3) is 1.00. The molecule has 0 amide bonds. The normalized spacial score (nSPS) is 29.0. The van der Waals surface area contributed by atoms with E-state index in [1.54, 1.807) is 11.3 Å². The van der Waals surface area contributed by atoms with E-state index < -0.39 is 3.07 Å². The first kappa shape index (κ1) is 6.02. The van der Waals surface area contributed by atoms with Crippen molar-refractivity contribution in [1.29, 1.82) is 0 Å². The Bertz CT molecular complexity index is 56.6. The number of halogens is 2. The summed E-state index contributed by atoms with van der Waals surface area (Å²) < 4.78 is -0.449. The molecule has 0 aromatic heterocycles. The Balaban J connectivity index is 2.31. The van der Waals surface area contributed by atoms with Crippen LogP contribution < -0.4 is 0 Å². The van der Waals surface area contributed by atoms with Gasteiger partial charge >= 0.3 is 0 Å². The zero-order valence-corrected chi connectivity index (χ0v) is 10.1. The molecule has 0 aliphatic carbocycles. The molecule has 1 aliphatic heterocycles. The van der Waals surface area contributed by atoms with Crippen LogP contribution in [0.2, 0.25) is 11.3 Å². The Hall–Kier alpha value is 1.89. The molecule has 1 rings (SSSR count). The zero-order valence-electron chi connectivity index (χ0n) is 3.38. The van der Waals surface area contributed by atoms with Gasteiger partial charge in [0.1, 0.15) is 0 Å². The first-order valence-electron chi connectivity index (χ1n) is 2.09. The average Bonchev–Trinajstić information content (AvgIpc) is 1.32. The molecule has 0 N–H and O–H groups in total. The van der Waals surface area contributed by atoms with E-state index in [4.69, 9.17) is 0 Å². The van der Waals surface area contributed by atoms with Crippen molar-refractivity contribution in [2.75, 3.05) is 0 Å². The Kier molecular flexibility index (Phi) is 2.02. The van der Waals surface area contributed by atoms with Crippen LogP contribution in [0.15, 0.2) is 0 Å². The third-order valence-electron chi connectivity index (χ3n) is 1.09. The highest BCUT2D eigenvalue weighted by molar-refractivity contribution is 14.3. The van der Waals surface area contributed by atoms with Crippen molar-refractivity contribution < 1.29 is 0 Å². The van der Waals surface area contributed by atoms with E-state index in [1.807, 2.05) is 0 Å². The maximum Gasteiger partial charge on any atom is 0.186 e. The molecule has 0 aromatic rings. The van der Waals surface area contributed by atoms with Crippen LogP contribution in [0, 0.1) is 0 Å². The standard InChI is InChI=1S/C2H6I2Si2/c3-6(4)1-5-2-6/h1-2,5H2. The summed E-state index contributed by atoms with van der Waals surface area (Å²) in [6.07, 6.45) is 0. The molecule has 0 nitrogen and oxygen atoms in total. The van der Waals surface area contributed by atoms with Gasteiger partial charge in [-0.2, -0.15) is 0 Å². The lowest BCUT2D eigenvalue weighted by Crippen LogP contribution is -2.32. The van der Waals surface area contributed by atoms with Crippen LogP contribution in [0.3, 0.4) is 0 Å². The van der Waals surface area contributed by atoms with Crippen LogP contribution in [-0.2, 0) is 0 Å². The highest BCUT2D eigenvalue weighted by Crippen LogP contribution is 2.37. The Morgan fingerprint density at radius 2 is 1.67 bits per heavy atom. The molecule has 4 heteroatoms. The Labute approximate surface area is 66.7 Å². The van der Waals surface area contributed by atoms with Gasteiger partial charge in [0.25, 0.3) is 0 Å². The van der Waals surface area contributed by atoms with Crippen molar-refractivity contribution in [3.8, 4) is 0 Å². The minimum absolute atomic E-state index is 0.449. The van der Waals surface area contributed by atoms with Crippen LogP contribution in [0.1, 0.15) is 0 Å². The molecule has 0 radical (unpaired) electrons. The molecule has 6 heavy (non-hydrogen) atoms. The highest BCUT2D eigenvalue weighted by Gasteiger charge is 2.33. The minimum Gasteiger partial charge on any atom is -0.105 e. The molecule has 1 heterocycles. The molecule has 0 unspecified atom stereocenters. The summed E-state index contributed by atoms with van der Waals surface area (Å²) in [5, 5.41) is 0. The second kappa shape index (κ2) is 2.02. The van der Waals surface area contributed by atoms with Crippen molar-refractivity contribution in [3.63, 3.8) is 0 Å². The van der Waals surface area contributed by atoms with E-state index in [9.17, 15) is 0 Å². The fourth-order valence-corrected chi connectivity index (χ4v) is 17.7. The number of hydrogen-bond donors (Lipinski definition) is 0. The lowest BCUT2D eigenvalue weighted by atomic mass is 11.8. The Morgan fingerprint density at radius 1 is 1.33 bits per heavy atom. The van der Waals surface area contributed by atoms with Crippen LogP contribution in [-0.4, -0.2) is 12.6 Å². The fourth-order valence-electron chi connectivity index (χ4n) is 0.444. The molecule has 0 saturated carbocycles. The van der Waals surface area contributed by atoms with Gasteiger partial charge in [0, 0.05) is 9.52 Å². The average molecular weight is 340 g/mol. The minimum atomic E-state index is -0.449. The van der Waals surface area contributed by atoms with E-state index in [0.717, 1.165) is 0 Å². The van der Waals surface area contributed by atoms with Gasteiger partial charge < -0.3 is 0 Å². The second-order valence-corrected chi connectivity index (χ2v) is 26.7. The van der Waals surface area contributed by atoms with Crippen LogP contribution >= 0.6 is 43.6 Å². The summed E-state index contributed by atoms with van der Waals surface area (Å²) in [7, 11) is 0.547. The Morgan fingerprint density at radius 3 is 1.67 bits per heavy atom. The van der Waals surface area contributed by atoms with Crippen molar-refractivity contribution in [3.05, 3.63) is 0 Å². The predicted octanol–water partition coefficient (Wildman–Crippen LogP) is 1.40. The zero-order chi connectivity index (χ0) is 4.62. The van der Waals surface area contributed by atoms with Crippen molar-refractivity contribution in [2.24, 2.45) is 0 Å². The van der Waals surface area contributed by atoms with Gasteiger partial charge in [-0.25, -0.2) is 0 Å². The smallest absolute Gasteiger partial charge is 0.105 e. The predicted molar refractivity (Wildman–Crippen MR) is 52.0 cm³/mol. The lowest BCUT2D eigenvalue weighted by molar-refractivity contribution is 1.69. The van der Waals surface area contributed by atoms with E-state index in [0.29, 0.717) is 9.52 Å². The summed E-state index contributed by atoms with van der Waals surface area (Å²) in [5.41, 5.74) is 3.40. The molecule has 1 fully saturated rings. The summed E-state index contributed by atoms with van der Waals surface area (Å²) in [6.45, 7) is 0. The first-order chi connectivity index (χ1) is 2.71. The SMILES string of the molecule is I[Si]1(I)C[SiH2]C1. The van der Waals surface area contributed by atoms with E-state index in [1.165, 1.54) is 0 Å². The van der Waals surface area contributed by atoms with Gasteiger partial charge in [-0.1, -0.05) is 0 Å². The van der Waals surface area contributed by atoms with Gasteiger partial charge in [0.2, 0.25) is 0 Å². The molecule has 1 aliphatic rings. The van der Waals surface area contributed by atoms with Gasteiger partial charge in [-0.15, -0.1) is 43.6 Å². The molecular weight excluding hydrogens is 334 g/mol. The number of rotatable bonds is 0. The number of hydrogen-bond acceptors (Lipinski definition) is 0. The summed E-state index contributed by atoms with van der Waals surface area (Å²) in [6, 6.07) is 0. The molecule has 0 aromatic carbocycles. The summed E-state index contributed by atoms with van der Waals surface area (Å²) in [4.78, 5) is 0. The van der Waals surface area contributed by atoms with Gasteiger partial charge in [-0.05, 0) is 11.3 Å². The maximum atomic E-state index is 2.69. The maximum absolute atomic E-state index is 2.69. The summed E-state index contributed by atoms with van der Waals surface area (Å²) >= 11 is 5.38. The van der Waals surface area contributed by atoms with Crippen molar-refractivity contribution >= 4 is 56.2 Å². The quantitative estimate of drug-likeness (QED) is 0.355. The van der Waals surface area contributed by atoms with Crippen LogP contribution in [0.5, 0.6) is 0 Å². The molecule has 0 bridgehead atoms. The van der Waals surface area contributed by atoms with E-state index in [2.05, 4.69) is 43.6 Å². The van der Waals surface area contributed by atoms with Crippen LogP contribution in [0.25, 0.3) is 0 Å². The largest absolute Gasteiger partial charge is 0.186 e. The first-order valence-corrected chi connectivity index (χ1v) is 12.7.